The normalized spacial score (nSPS) is 18.9. The van der Waals surface area contributed by atoms with Crippen LogP contribution in [0.25, 0.3) is 5.65 Å². The minimum atomic E-state index is -0.0505. The van der Waals surface area contributed by atoms with Gasteiger partial charge in [-0.15, -0.1) is 0 Å². The first-order chi connectivity index (χ1) is 12.2. The molecule has 1 fully saturated rings. The Morgan fingerprint density at radius 2 is 2.24 bits per heavy atom. The molecule has 4 heterocycles. The van der Waals surface area contributed by atoms with Crippen LogP contribution in [0.4, 0.5) is 0 Å². The Labute approximate surface area is 146 Å². The first-order valence-corrected chi connectivity index (χ1v) is 9.00. The van der Waals surface area contributed by atoms with Crippen molar-refractivity contribution in [1.82, 2.24) is 29.3 Å². The van der Waals surface area contributed by atoms with Crippen molar-refractivity contribution in [2.75, 3.05) is 6.54 Å². The maximum atomic E-state index is 12.3. The van der Waals surface area contributed by atoms with E-state index in [1.165, 1.54) is 22.9 Å². The fraction of sp³-hybridized carbons (Fsp3) is 0.500. The topological polar surface area (TPSA) is 71.2 Å². The summed E-state index contributed by atoms with van der Waals surface area (Å²) in [5, 5.41) is 7.46. The maximum Gasteiger partial charge on any atom is 0.272 e. The van der Waals surface area contributed by atoms with E-state index in [0.29, 0.717) is 5.65 Å². The Morgan fingerprint density at radius 1 is 1.36 bits per heavy atom. The molecule has 1 unspecified atom stereocenters. The van der Waals surface area contributed by atoms with Crippen LogP contribution in [0.1, 0.15) is 49.2 Å². The molecule has 0 spiro atoms. The lowest BCUT2D eigenvalue weighted by molar-refractivity contribution is 0.137. The van der Waals surface area contributed by atoms with Crippen LogP contribution in [-0.2, 0) is 13.1 Å². The summed E-state index contributed by atoms with van der Waals surface area (Å²) in [6, 6.07) is 3.70. The molecule has 0 aliphatic carbocycles. The van der Waals surface area contributed by atoms with Gasteiger partial charge in [-0.2, -0.15) is 5.10 Å². The summed E-state index contributed by atoms with van der Waals surface area (Å²) in [6.07, 6.45) is 7.27. The van der Waals surface area contributed by atoms with Crippen LogP contribution in [0.5, 0.6) is 0 Å². The third kappa shape index (κ3) is 3.00. The van der Waals surface area contributed by atoms with Gasteiger partial charge < -0.3 is 0 Å². The zero-order valence-electron chi connectivity index (χ0n) is 14.8. The molecular weight excluding hydrogens is 316 g/mol. The predicted molar refractivity (Wildman–Crippen MR) is 95.5 cm³/mol. The van der Waals surface area contributed by atoms with E-state index in [1.54, 1.807) is 12.3 Å². The van der Waals surface area contributed by atoms with Gasteiger partial charge in [0.1, 0.15) is 0 Å². The molecule has 132 valence electrons. The summed E-state index contributed by atoms with van der Waals surface area (Å²) in [7, 11) is 0. The quantitative estimate of drug-likeness (QED) is 0.791. The molecule has 4 rings (SSSR count). The smallest absolute Gasteiger partial charge is 0.272 e. The second-order valence-corrected chi connectivity index (χ2v) is 6.75. The van der Waals surface area contributed by atoms with Crippen LogP contribution in [0, 0.1) is 6.92 Å². The van der Waals surface area contributed by atoms with Crippen molar-refractivity contribution < 1.29 is 0 Å². The molecule has 3 aromatic heterocycles. The van der Waals surface area contributed by atoms with E-state index in [4.69, 9.17) is 4.98 Å². The van der Waals surface area contributed by atoms with Gasteiger partial charge in [0.2, 0.25) is 0 Å². The van der Waals surface area contributed by atoms with E-state index >= 15 is 0 Å². The molecule has 0 amide bonds. The summed E-state index contributed by atoms with van der Waals surface area (Å²) in [6.45, 7) is 6.92. The largest absolute Gasteiger partial charge is 0.297 e. The monoisotopic (exact) mass is 340 g/mol. The molecule has 1 atom stereocenters. The number of rotatable bonds is 4. The van der Waals surface area contributed by atoms with Crippen LogP contribution in [0.3, 0.4) is 0 Å². The lowest BCUT2D eigenvalue weighted by atomic mass is 9.98. The molecule has 0 aromatic carbocycles. The minimum Gasteiger partial charge on any atom is -0.297 e. The van der Waals surface area contributed by atoms with Gasteiger partial charge >= 0.3 is 0 Å². The molecule has 3 aromatic rings. The van der Waals surface area contributed by atoms with Crippen LogP contribution in [-0.4, -0.2) is 35.8 Å². The molecule has 7 heteroatoms. The van der Waals surface area contributed by atoms with Crippen molar-refractivity contribution in [2.45, 2.75) is 52.2 Å². The average Bonchev–Trinajstić information content (AvgIpc) is 3.22. The molecule has 1 N–H and O–H groups in total. The SMILES string of the molecule is CCn1cc(CN2CCCCC2c2cc(=O)n3[nH]ccc3n2)c(C)n1. The number of aryl methyl sites for hydroxylation is 2. The number of aromatic amines is 1. The second-order valence-electron chi connectivity index (χ2n) is 6.75. The molecule has 1 aliphatic rings. The van der Waals surface area contributed by atoms with Gasteiger partial charge in [-0.1, -0.05) is 6.42 Å². The van der Waals surface area contributed by atoms with E-state index in [9.17, 15) is 4.79 Å². The molecule has 1 aliphatic heterocycles. The van der Waals surface area contributed by atoms with Crippen LogP contribution < -0.4 is 5.56 Å². The van der Waals surface area contributed by atoms with Crippen molar-refractivity contribution in [3.63, 3.8) is 0 Å². The number of likely N-dealkylation sites (tertiary alicyclic amines) is 1. The Hall–Kier alpha value is -2.41. The Bertz CT molecular complexity index is 937. The van der Waals surface area contributed by atoms with Crippen molar-refractivity contribution >= 4 is 5.65 Å². The average molecular weight is 340 g/mol. The second kappa shape index (κ2) is 6.48. The van der Waals surface area contributed by atoms with Crippen molar-refractivity contribution in [1.29, 1.82) is 0 Å². The summed E-state index contributed by atoms with van der Waals surface area (Å²) < 4.78 is 3.46. The summed E-state index contributed by atoms with van der Waals surface area (Å²) in [5.74, 6) is 0. The summed E-state index contributed by atoms with van der Waals surface area (Å²) in [5.41, 5.74) is 3.85. The summed E-state index contributed by atoms with van der Waals surface area (Å²) >= 11 is 0. The standard InChI is InChI=1S/C18H24N6O/c1-3-23-12-14(13(2)21-23)11-22-9-5-4-6-16(22)15-10-18(25)24-17(20-15)7-8-19-24/h7-8,10,12,16,19H,3-6,9,11H2,1-2H3. The molecule has 0 bridgehead atoms. The highest BCUT2D eigenvalue weighted by Gasteiger charge is 2.27. The van der Waals surface area contributed by atoms with Crippen LogP contribution >= 0.6 is 0 Å². The fourth-order valence-electron chi connectivity index (χ4n) is 3.73. The van der Waals surface area contributed by atoms with Crippen LogP contribution in [0.15, 0.2) is 29.3 Å². The Kier molecular flexibility index (Phi) is 4.17. The van der Waals surface area contributed by atoms with Crippen molar-refractivity contribution in [3.8, 4) is 0 Å². The number of fused-ring (bicyclic) bond motifs is 1. The lowest BCUT2D eigenvalue weighted by Crippen LogP contribution is -2.34. The Balaban J connectivity index is 1.65. The Morgan fingerprint density at radius 3 is 3.04 bits per heavy atom. The van der Waals surface area contributed by atoms with Crippen molar-refractivity contribution in [3.05, 3.63) is 51.8 Å². The van der Waals surface area contributed by atoms with Gasteiger partial charge in [0.25, 0.3) is 5.56 Å². The van der Waals surface area contributed by atoms with E-state index in [2.05, 4.69) is 35.1 Å². The highest BCUT2D eigenvalue weighted by Crippen LogP contribution is 2.31. The number of piperidine rings is 1. The number of hydrogen-bond donors (Lipinski definition) is 1. The number of H-pyrrole nitrogens is 1. The third-order valence-corrected chi connectivity index (χ3v) is 5.10. The number of hydrogen-bond acceptors (Lipinski definition) is 4. The molecule has 0 radical (unpaired) electrons. The van der Waals surface area contributed by atoms with Crippen LogP contribution in [0.2, 0.25) is 0 Å². The molecule has 7 nitrogen and oxygen atoms in total. The van der Waals surface area contributed by atoms with E-state index < -0.39 is 0 Å². The van der Waals surface area contributed by atoms with Gasteiger partial charge in [-0.05, 0) is 33.2 Å². The zero-order valence-corrected chi connectivity index (χ0v) is 14.8. The lowest BCUT2D eigenvalue weighted by Gasteiger charge is -2.35. The van der Waals surface area contributed by atoms with E-state index in [1.807, 2.05) is 10.7 Å². The zero-order chi connectivity index (χ0) is 17.4. The molecule has 0 saturated carbocycles. The van der Waals surface area contributed by atoms with E-state index in [-0.39, 0.29) is 11.6 Å². The van der Waals surface area contributed by atoms with E-state index in [0.717, 1.165) is 37.4 Å². The van der Waals surface area contributed by atoms with Gasteiger partial charge in [-0.3, -0.25) is 19.5 Å². The van der Waals surface area contributed by atoms with Gasteiger partial charge in [0.15, 0.2) is 5.65 Å². The van der Waals surface area contributed by atoms with Gasteiger partial charge in [0, 0.05) is 43.2 Å². The number of nitrogens with zero attached hydrogens (tertiary/aromatic N) is 5. The molecule has 1 saturated heterocycles. The maximum absolute atomic E-state index is 12.3. The summed E-state index contributed by atoms with van der Waals surface area (Å²) in [4.78, 5) is 19.5. The van der Waals surface area contributed by atoms with Gasteiger partial charge in [-0.25, -0.2) is 9.50 Å². The highest BCUT2D eigenvalue weighted by atomic mass is 16.1. The number of nitrogens with one attached hydrogen (secondary N) is 1. The first kappa shape index (κ1) is 16.1. The molecular formula is C18H24N6O. The first-order valence-electron chi connectivity index (χ1n) is 9.00. The predicted octanol–water partition coefficient (Wildman–Crippen LogP) is 2.27. The molecule has 25 heavy (non-hydrogen) atoms. The minimum absolute atomic E-state index is 0.0505. The number of aromatic nitrogens is 5. The highest BCUT2D eigenvalue weighted by molar-refractivity contribution is 5.37. The third-order valence-electron chi connectivity index (χ3n) is 5.10. The fourth-order valence-corrected chi connectivity index (χ4v) is 3.73. The van der Waals surface area contributed by atoms with Gasteiger partial charge in [0.05, 0.1) is 17.4 Å². The van der Waals surface area contributed by atoms with Crippen molar-refractivity contribution in [2.24, 2.45) is 0 Å².